The van der Waals surface area contributed by atoms with Crippen LogP contribution >= 0.6 is 0 Å². The number of pyridine rings is 1. The Hall–Kier alpha value is -4.46. The topological polar surface area (TPSA) is 106 Å². The van der Waals surface area contributed by atoms with Gasteiger partial charge in [-0.25, -0.2) is 4.79 Å². The molecule has 0 bridgehead atoms. The average Bonchev–Trinajstić information content (AvgIpc) is 3.17. The molecule has 4 rings (SSSR count). The second-order valence-corrected chi connectivity index (χ2v) is 9.66. The van der Waals surface area contributed by atoms with Gasteiger partial charge in [-0.05, 0) is 62.2 Å². The van der Waals surface area contributed by atoms with Gasteiger partial charge in [-0.15, -0.1) is 0 Å². The molecule has 2 heterocycles. The zero-order chi connectivity index (χ0) is 27.4. The molecular weight excluding hydrogens is 484 g/mol. The van der Waals surface area contributed by atoms with Crippen molar-refractivity contribution in [3.8, 4) is 5.75 Å². The summed E-state index contributed by atoms with van der Waals surface area (Å²) in [5.41, 5.74) is 1.14. The lowest BCUT2D eigenvalue weighted by atomic mass is 9.98. The molecule has 1 aromatic heterocycles. The smallest absolute Gasteiger partial charge is 0.338 e. The number of aromatic nitrogens is 1. The second kappa shape index (κ2) is 11.3. The maximum atomic E-state index is 13.4. The van der Waals surface area contributed by atoms with E-state index in [1.165, 1.54) is 11.0 Å². The minimum Gasteiger partial charge on any atom is -0.507 e. The molecule has 1 unspecified atom stereocenters. The van der Waals surface area contributed by atoms with Gasteiger partial charge in [0.25, 0.3) is 11.7 Å². The van der Waals surface area contributed by atoms with Crippen molar-refractivity contribution in [1.82, 2.24) is 4.98 Å². The first-order chi connectivity index (χ1) is 18.2. The lowest BCUT2D eigenvalue weighted by molar-refractivity contribution is -0.132. The van der Waals surface area contributed by atoms with Crippen LogP contribution in [0.25, 0.3) is 5.76 Å². The lowest BCUT2D eigenvalue weighted by Crippen LogP contribution is -2.30. The molecule has 8 heteroatoms. The predicted octanol–water partition coefficient (Wildman–Crippen LogP) is 5.31. The van der Waals surface area contributed by atoms with Crippen molar-refractivity contribution >= 4 is 29.1 Å². The van der Waals surface area contributed by atoms with Gasteiger partial charge in [0.05, 0.1) is 29.5 Å². The summed E-state index contributed by atoms with van der Waals surface area (Å²) in [4.78, 5) is 45.0. The van der Waals surface area contributed by atoms with Crippen LogP contribution in [0.4, 0.5) is 5.69 Å². The Labute approximate surface area is 221 Å². The number of anilines is 1. The molecule has 1 N–H and O–H groups in total. The molecule has 1 atom stereocenters. The van der Waals surface area contributed by atoms with Crippen molar-refractivity contribution in [2.75, 3.05) is 11.5 Å². The number of rotatable bonds is 8. The van der Waals surface area contributed by atoms with Crippen LogP contribution in [0, 0.1) is 5.92 Å². The largest absolute Gasteiger partial charge is 0.507 e. The molecule has 38 heavy (non-hydrogen) atoms. The Morgan fingerprint density at radius 3 is 2.39 bits per heavy atom. The van der Waals surface area contributed by atoms with Crippen molar-refractivity contribution in [2.24, 2.45) is 5.92 Å². The molecule has 196 valence electrons. The SMILES string of the molecule is CC(C)COc1cccc(/C(O)=C2\C(=O)C(=O)N(c3cccc(C(=O)OC(C)C)c3)C2c2ccccn2)c1. The first-order valence-corrected chi connectivity index (χ1v) is 12.4. The molecular formula is C30H30N2O6. The number of benzene rings is 2. The fraction of sp³-hybridized carbons (Fsp3) is 0.267. The molecule has 8 nitrogen and oxygen atoms in total. The number of hydrogen-bond donors (Lipinski definition) is 1. The number of carbonyl (C=O) groups is 3. The summed E-state index contributed by atoms with van der Waals surface area (Å²) in [5, 5.41) is 11.4. The maximum Gasteiger partial charge on any atom is 0.338 e. The van der Waals surface area contributed by atoms with Crippen LogP contribution in [0.15, 0.2) is 78.5 Å². The lowest BCUT2D eigenvalue weighted by Gasteiger charge is -2.25. The van der Waals surface area contributed by atoms with Crippen LogP contribution in [0.3, 0.4) is 0 Å². The highest BCUT2D eigenvalue weighted by Crippen LogP contribution is 2.42. The molecule has 0 saturated carbocycles. The number of carbonyl (C=O) groups excluding carboxylic acids is 3. The highest BCUT2D eigenvalue weighted by Gasteiger charge is 2.47. The van der Waals surface area contributed by atoms with Crippen LogP contribution in [-0.2, 0) is 14.3 Å². The second-order valence-electron chi connectivity index (χ2n) is 9.66. The van der Waals surface area contributed by atoms with E-state index in [4.69, 9.17) is 9.47 Å². The van der Waals surface area contributed by atoms with Crippen LogP contribution in [0.2, 0.25) is 0 Å². The van der Waals surface area contributed by atoms with Crippen LogP contribution in [0.1, 0.15) is 55.4 Å². The third-order valence-electron chi connectivity index (χ3n) is 5.81. The van der Waals surface area contributed by atoms with Crippen molar-refractivity contribution in [3.63, 3.8) is 0 Å². The van der Waals surface area contributed by atoms with Gasteiger partial charge >= 0.3 is 5.97 Å². The first kappa shape index (κ1) is 26.6. The van der Waals surface area contributed by atoms with E-state index in [0.29, 0.717) is 35.2 Å². The molecule has 1 aliphatic rings. The molecule has 1 saturated heterocycles. The quantitative estimate of drug-likeness (QED) is 0.188. The molecule has 1 aliphatic heterocycles. The third kappa shape index (κ3) is 5.59. The minimum absolute atomic E-state index is 0.107. The summed E-state index contributed by atoms with van der Waals surface area (Å²) in [5.74, 6) is -1.76. The van der Waals surface area contributed by atoms with Gasteiger partial charge < -0.3 is 14.6 Å². The monoisotopic (exact) mass is 514 g/mol. The number of hydrogen-bond acceptors (Lipinski definition) is 7. The van der Waals surface area contributed by atoms with Gasteiger partial charge in [-0.3, -0.25) is 19.5 Å². The fourth-order valence-corrected chi connectivity index (χ4v) is 4.13. The van der Waals surface area contributed by atoms with Crippen molar-refractivity contribution < 1.29 is 29.0 Å². The number of aliphatic hydroxyl groups is 1. The van der Waals surface area contributed by atoms with Gasteiger partial charge in [0.15, 0.2) is 0 Å². The Morgan fingerprint density at radius 1 is 0.974 bits per heavy atom. The van der Waals surface area contributed by atoms with E-state index >= 15 is 0 Å². The number of aliphatic hydroxyl groups excluding tert-OH is 1. The van der Waals surface area contributed by atoms with E-state index < -0.39 is 23.7 Å². The van der Waals surface area contributed by atoms with E-state index in [2.05, 4.69) is 4.98 Å². The highest BCUT2D eigenvalue weighted by atomic mass is 16.5. The molecule has 1 amide bonds. The molecule has 0 aliphatic carbocycles. The summed E-state index contributed by atoms with van der Waals surface area (Å²) >= 11 is 0. The Bertz CT molecular complexity index is 1380. The van der Waals surface area contributed by atoms with Gasteiger partial charge in [0.2, 0.25) is 0 Å². The summed E-state index contributed by atoms with van der Waals surface area (Å²) in [6.07, 6.45) is 1.22. The van der Waals surface area contributed by atoms with Gasteiger partial charge in [-0.2, -0.15) is 0 Å². The number of ether oxygens (including phenoxy) is 2. The fourth-order valence-electron chi connectivity index (χ4n) is 4.13. The summed E-state index contributed by atoms with van der Waals surface area (Å²) in [6, 6.07) is 17.1. The summed E-state index contributed by atoms with van der Waals surface area (Å²) in [6.45, 7) is 8.01. The van der Waals surface area contributed by atoms with E-state index in [1.54, 1.807) is 80.7 Å². The number of esters is 1. The van der Waals surface area contributed by atoms with Crippen molar-refractivity contribution in [3.05, 3.63) is 95.3 Å². The third-order valence-corrected chi connectivity index (χ3v) is 5.81. The Morgan fingerprint density at radius 2 is 1.71 bits per heavy atom. The standard InChI is InChI=1S/C30H30N2O6/c1-18(2)17-37-23-12-8-9-20(16-23)27(33)25-26(24-13-5-6-14-31-24)32(29(35)28(25)34)22-11-7-10-21(15-22)30(36)38-19(3)4/h5-16,18-19,26,33H,17H2,1-4H3/b27-25+. The number of Topliss-reactive ketones (excluding diaryl/α,β-unsaturated/α-hetero) is 1. The van der Waals surface area contributed by atoms with Crippen LogP contribution in [0.5, 0.6) is 5.75 Å². The van der Waals surface area contributed by atoms with E-state index in [1.807, 2.05) is 13.8 Å². The molecule has 0 spiro atoms. The van der Waals surface area contributed by atoms with E-state index in [9.17, 15) is 19.5 Å². The predicted molar refractivity (Wildman–Crippen MR) is 143 cm³/mol. The van der Waals surface area contributed by atoms with E-state index in [0.717, 1.165) is 0 Å². The van der Waals surface area contributed by atoms with E-state index in [-0.39, 0.29) is 23.0 Å². The Balaban J connectivity index is 1.83. The molecule has 3 aromatic rings. The molecule has 0 radical (unpaired) electrons. The zero-order valence-corrected chi connectivity index (χ0v) is 21.8. The normalized spacial score (nSPS) is 16.8. The van der Waals surface area contributed by atoms with Crippen LogP contribution < -0.4 is 9.64 Å². The summed E-state index contributed by atoms with van der Waals surface area (Å²) in [7, 11) is 0. The zero-order valence-electron chi connectivity index (χ0n) is 21.8. The Kier molecular flexibility index (Phi) is 7.90. The van der Waals surface area contributed by atoms with Gasteiger partial charge in [0, 0.05) is 17.4 Å². The number of nitrogens with zero attached hydrogens (tertiary/aromatic N) is 2. The highest BCUT2D eigenvalue weighted by molar-refractivity contribution is 6.51. The molecule has 2 aromatic carbocycles. The van der Waals surface area contributed by atoms with Gasteiger partial charge in [-0.1, -0.05) is 38.1 Å². The minimum atomic E-state index is -1.02. The maximum absolute atomic E-state index is 13.4. The van der Waals surface area contributed by atoms with Gasteiger partial charge in [0.1, 0.15) is 17.6 Å². The van der Waals surface area contributed by atoms with Crippen LogP contribution in [-0.4, -0.2) is 40.5 Å². The number of amides is 1. The van der Waals surface area contributed by atoms with Crippen molar-refractivity contribution in [1.29, 1.82) is 0 Å². The average molecular weight is 515 g/mol. The first-order valence-electron chi connectivity index (χ1n) is 12.4. The number of ketones is 1. The molecule has 1 fully saturated rings. The van der Waals surface area contributed by atoms with Crippen molar-refractivity contribution in [2.45, 2.75) is 39.8 Å². The summed E-state index contributed by atoms with van der Waals surface area (Å²) < 4.78 is 11.1.